The maximum Gasteiger partial charge on any atom is 0.130 e. The molecule has 1 unspecified atom stereocenters. The van der Waals surface area contributed by atoms with Gasteiger partial charge in [-0.1, -0.05) is 18.2 Å². The van der Waals surface area contributed by atoms with Crippen LogP contribution in [0.3, 0.4) is 0 Å². The van der Waals surface area contributed by atoms with Crippen LogP contribution in [-0.4, -0.2) is 7.11 Å². The molecule has 0 bridgehead atoms. The van der Waals surface area contributed by atoms with E-state index in [4.69, 9.17) is 4.74 Å². The van der Waals surface area contributed by atoms with Crippen LogP contribution in [0.5, 0.6) is 5.75 Å². The molecule has 0 saturated carbocycles. The molecule has 1 N–H and O–H groups in total. The van der Waals surface area contributed by atoms with Gasteiger partial charge in [-0.3, -0.25) is 0 Å². The molecule has 0 amide bonds. The molecule has 1 atom stereocenters. The van der Waals surface area contributed by atoms with Crippen molar-refractivity contribution < 1.29 is 13.5 Å². The fraction of sp³-hybridized carbons (Fsp3) is 0.294. The van der Waals surface area contributed by atoms with E-state index in [2.05, 4.69) is 5.32 Å². The van der Waals surface area contributed by atoms with E-state index in [9.17, 15) is 8.78 Å². The minimum absolute atomic E-state index is 0.00926. The Bertz CT molecular complexity index is 628. The minimum atomic E-state index is -0.565. The molecule has 0 aliphatic rings. The van der Waals surface area contributed by atoms with Gasteiger partial charge in [-0.25, -0.2) is 8.78 Å². The molecule has 112 valence electrons. The number of methoxy groups -OCH3 is 1. The van der Waals surface area contributed by atoms with E-state index in [1.807, 2.05) is 32.0 Å². The Hall–Kier alpha value is -1.94. The second kappa shape index (κ2) is 6.68. The van der Waals surface area contributed by atoms with Crippen molar-refractivity contribution in [1.29, 1.82) is 0 Å². The standard InChI is InChI=1S/C17H19F2NO/c1-11-4-7-15(17(8-11)21-3)12(2)20-10-13-5-6-14(18)9-16(13)19/h4-9,12,20H,10H2,1-3H3. The molecular weight excluding hydrogens is 272 g/mol. The molecule has 2 rings (SSSR count). The van der Waals surface area contributed by atoms with Crippen LogP contribution in [0, 0.1) is 18.6 Å². The fourth-order valence-corrected chi connectivity index (χ4v) is 2.21. The molecule has 0 aromatic heterocycles. The van der Waals surface area contributed by atoms with E-state index in [0.29, 0.717) is 12.1 Å². The van der Waals surface area contributed by atoms with E-state index in [-0.39, 0.29) is 6.04 Å². The lowest BCUT2D eigenvalue weighted by Crippen LogP contribution is -2.19. The Morgan fingerprint density at radius 3 is 2.57 bits per heavy atom. The first-order valence-electron chi connectivity index (χ1n) is 6.83. The van der Waals surface area contributed by atoms with E-state index >= 15 is 0 Å². The Kier molecular flexibility index (Phi) is 4.91. The molecular formula is C17H19F2NO. The normalized spacial score (nSPS) is 12.2. The van der Waals surface area contributed by atoms with E-state index in [0.717, 1.165) is 22.9 Å². The lowest BCUT2D eigenvalue weighted by molar-refractivity contribution is 0.401. The highest BCUT2D eigenvalue weighted by molar-refractivity contribution is 5.39. The average molecular weight is 291 g/mol. The molecule has 0 spiro atoms. The zero-order chi connectivity index (χ0) is 15.4. The molecule has 0 heterocycles. The largest absolute Gasteiger partial charge is 0.496 e. The van der Waals surface area contributed by atoms with Gasteiger partial charge in [-0.15, -0.1) is 0 Å². The van der Waals surface area contributed by atoms with Crippen LogP contribution in [0.4, 0.5) is 8.78 Å². The van der Waals surface area contributed by atoms with Crippen molar-refractivity contribution >= 4 is 0 Å². The third-order valence-corrected chi connectivity index (χ3v) is 3.47. The highest BCUT2D eigenvalue weighted by Gasteiger charge is 2.12. The first-order valence-corrected chi connectivity index (χ1v) is 6.83. The summed E-state index contributed by atoms with van der Waals surface area (Å²) in [5.41, 5.74) is 2.56. The van der Waals surface area contributed by atoms with Gasteiger partial charge in [0.15, 0.2) is 0 Å². The number of ether oxygens (including phenoxy) is 1. The second-order valence-corrected chi connectivity index (χ2v) is 5.08. The summed E-state index contributed by atoms with van der Waals surface area (Å²) in [4.78, 5) is 0. The molecule has 0 aliphatic heterocycles. The van der Waals surface area contributed by atoms with Gasteiger partial charge in [0.25, 0.3) is 0 Å². The number of hydrogen-bond acceptors (Lipinski definition) is 2. The van der Waals surface area contributed by atoms with Gasteiger partial charge in [0.2, 0.25) is 0 Å². The summed E-state index contributed by atoms with van der Waals surface area (Å²) in [6.07, 6.45) is 0. The number of benzene rings is 2. The van der Waals surface area contributed by atoms with Gasteiger partial charge in [-0.2, -0.15) is 0 Å². The molecule has 0 saturated heterocycles. The first-order chi connectivity index (χ1) is 10.0. The summed E-state index contributed by atoms with van der Waals surface area (Å²) in [6, 6.07) is 9.57. The van der Waals surface area contributed by atoms with Crippen LogP contribution < -0.4 is 10.1 Å². The van der Waals surface area contributed by atoms with Crippen LogP contribution in [0.1, 0.15) is 29.7 Å². The van der Waals surface area contributed by atoms with Crippen LogP contribution in [0.2, 0.25) is 0 Å². The second-order valence-electron chi connectivity index (χ2n) is 5.08. The molecule has 21 heavy (non-hydrogen) atoms. The monoisotopic (exact) mass is 291 g/mol. The zero-order valence-electron chi connectivity index (χ0n) is 12.4. The van der Waals surface area contributed by atoms with Crippen molar-refractivity contribution in [3.05, 3.63) is 64.7 Å². The van der Waals surface area contributed by atoms with Gasteiger partial charge < -0.3 is 10.1 Å². The summed E-state index contributed by atoms with van der Waals surface area (Å²) in [5, 5.41) is 3.23. The Balaban J connectivity index is 2.09. The number of nitrogens with one attached hydrogen (secondary N) is 1. The third-order valence-electron chi connectivity index (χ3n) is 3.47. The molecule has 4 heteroatoms. The maximum absolute atomic E-state index is 13.6. The number of hydrogen-bond donors (Lipinski definition) is 1. The predicted molar refractivity (Wildman–Crippen MR) is 79.3 cm³/mol. The third kappa shape index (κ3) is 3.79. The first kappa shape index (κ1) is 15.4. The summed E-state index contributed by atoms with van der Waals surface area (Å²) in [5.74, 6) is -0.301. The molecule has 0 aliphatic carbocycles. The van der Waals surface area contributed by atoms with E-state index < -0.39 is 11.6 Å². The van der Waals surface area contributed by atoms with Crippen molar-refractivity contribution in [2.45, 2.75) is 26.4 Å². The minimum Gasteiger partial charge on any atom is -0.496 e. The summed E-state index contributed by atoms with van der Waals surface area (Å²) in [7, 11) is 1.63. The molecule has 2 aromatic rings. The highest BCUT2D eigenvalue weighted by Crippen LogP contribution is 2.26. The van der Waals surface area contributed by atoms with Gasteiger partial charge in [0.1, 0.15) is 17.4 Å². The van der Waals surface area contributed by atoms with Gasteiger partial charge in [0.05, 0.1) is 7.11 Å². The lowest BCUT2D eigenvalue weighted by atomic mass is 10.0. The molecule has 2 nitrogen and oxygen atoms in total. The van der Waals surface area contributed by atoms with Crippen molar-refractivity contribution in [3.8, 4) is 5.75 Å². The van der Waals surface area contributed by atoms with Crippen LogP contribution in [0.25, 0.3) is 0 Å². The highest BCUT2D eigenvalue weighted by atomic mass is 19.1. The van der Waals surface area contributed by atoms with E-state index in [1.54, 1.807) is 7.11 Å². The maximum atomic E-state index is 13.6. The average Bonchev–Trinajstić information content (AvgIpc) is 2.45. The van der Waals surface area contributed by atoms with Crippen LogP contribution in [-0.2, 0) is 6.54 Å². The fourth-order valence-electron chi connectivity index (χ4n) is 2.21. The lowest BCUT2D eigenvalue weighted by Gasteiger charge is -2.18. The smallest absolute Gasteiger partial charge is 0.130 e. The van der Waals surface area contributed by atoms with Crippen LogP contribution in [0.15, 0.2) is 36.4 Å². The Morgan fingerprint density at radius 1 is 1.14 bits per heavy atom. The summed E-state index contributed by atoms with van der Waals surface area (Å²) >= 11 is 0. The topological polar surface area (TPSA) is 21.3 Å². The summed E-state index contributed by atoms with van der Waals surface area (Å²) in [6.45, 7) is 4.30. The molecule has 0 radical (unpaired) electrons. The Labute approximate surface area is 123 Å². The molecule has 2 aromatic carbocycles. The quantitative estimate of drug-likeness (QED) is 0.894. The van der Waals surface area contributed by atoms with Crippen molar-refractivity contribution in [2.24, 2.45) is 0 Å². The number of halogens is 2. The SMILES string of the molecule is COc1cc(C)ccc1C(C)NCc1ccc(F)cc1F. The Morgan fingerprint density at radius 2 is 1.90 bits per heavy atom. The van der Waals surface area contributed by atoms with Crippen LogP contribution >= 0.6 is 0 Å². The zero-order valence-corrected chi connectivity index (χ0v) is 12.4. The van der Waals surface area contributed by atoms with Gasteiger partial charge >= 0.3 is 0 Å². The van der Waals surface area contributed by atoms with Crippen molar-refractivity contribution in [3.63, 3.8) is 0 Å². The predicted octanol–water partition coefficient (Wildman–Crippen LogP) is 4.13. The van der Waals surface area contributed by atoms with E-state index in [1.165, 1.54) is 12.1 Å². The number of aryl methyl sites for hydroxylation is 1. The summed E-state index contributed by atoms with van der Waals surface area (Å²) < 4.78 is 31.8. The van der Waals surface area contributed by atoms with Gasteiger partial charge in [0, 0.05) is 29.8 Å². The van der Waals surface area contributed by atoms with Crippen molar-refractivity contribution in [2.75, 3.05) is 7.11 Å². The van der Waals surface area contributed by atoms with Crippen molar-refractivity contribution in [1.82, 2.24) is 5.32 Å². The van der Waals surface area contributed by atoms with Gasteiger partial charge in [-0.05, 0) is 31.5 Å². The molecule has 0 fully saturated rings. The number of rotatable bonds is 5.